The Labute approximate surface area is 101 Å². The van der Waals surface area contributed by atoms with Crippen LogP contribution in [0, 0.1) is 11.8 Å². The molecular formula is C14H18O3. The maximum atomic E-state index is 11.5. The maximum absolute atomic E-state index is 11.5. The first-order valence-electron chi connectivity index (χ1n) is 6.20. The molecule has 2 aliphatic rings. The summed E-state index contributed by atoms with van der Waals surface area (Å²) in [5.41, 5.74) is 2.46. The van der Waals surface area contributed by atoms with Crippen LogP contribution in [0.4, 0.5) is 0 Å². The molecular weight excluding hydrogens is 216 g/mol. The fraction of sp³-hybridized carbons (Fsp3) is 0.571. The van der Waals surface area contributed by atoms with Crippen LogP contribution in [-0.2, 0) is 9.59 Å². The number of carboxylic acid groups (broad SMARTS) is 1. The smallest absolute Gasteiger partial charge is 0.331 e. The number of hydrogen-bond acceptors (Lipinski definition) is 2. The molecule has 0 aromatic heterocycles. The molecule has 0 aromatic carbocycles. The van der Waals surface area contributed by atoms with E-state index in [4.69, 9.17) is 0 Å². The highest BCUT2D eigenvalue weighted by atomic mass is 16.4. The summed E-state index contributed by atoms with van der Waals surface area (Å²) in [6, 6.07) is 0. The molecule has 0 bridgehead atoms. The Bertz CT molecular complexity index is 427. The molecule has 3 nitrogen and oxygen atoms in total. The maximum Gasteiger partial charge on any atom is 0.331 e. The largest absolute Gasteiger partial charge is 0.478 e. The monoisotopic (exact) mass is 234 g/mol. The third-order valence-corrected chi connectivity index (χ3v) is 3.82. The molecule has 2 aliphatic carbocycles. The third kappa shape index (κ3) is 2.19. The van der Waals surface area contributed by atoms with Gasteiger partial charge in [-0.25, -0.2) is 4.79 Å². The van der Waals surface area contributed by atoms with Crippen molar-refractivity contribution in [3.05, 3.63) is 22.8 Å². The second kappa shape index (κ2) is 4.47. The molecule has 1 atom stereocenters. The van der Waals surface area contributed by atoms with Crippen molar-refractivity contribution in [1.82, 2.24) is 0 Å². The van der Waals surface area contributed by atoms with Crippen molar-refractivity contribution in [2.45, 2.75) is 39.5 Å². The number of rotatable bonds is 2. The summed E-state index contributed by atoms with van der Waals surface area (Å²) < 4.78 is 0. The van der Waals surface area contributed by atoms with Gasteiger partial charge in [-0.2, -0.15) is 0 Å². The van der Waals surface area contributed by atoms with Crippen molar-refractivity contribution in [2.75, 3.05) is 0 Å². The molecule has 0 radical (unpaired) electrons. The van der Waals surface area contributed by atoms with E-state index in [2.05, 4.69) is 13.8 Å². The van der Waals surface area contributed by atoms with E-state index >= 15 is 0 Å². The van der Waals surface area contributed by atoms with Gasteiger partial charge in [0, 0.05) is 12.0 Å². The van der Waals surface area contributed by atoms with E-state index in [0.717, 1.165) is 17.6 Å². The van der Waals surface area contributed by atoms with Gasteiger partial charge in [-0.05, 0) is 48.3 Å². The number of aliphatic carboxylic acids is 1. The molecule has 0 spiro atoms. The molecule has 3 heteroatoms. The number of carbonyl (C=O) groups is 2. The number of carbonyl (C=O) groups excluding carboxylic acids is 1. The standard InChI is InChI=1S/C14H18O3/c1-8(2)10-5-6-12(14(16)17)11-4-3-9(15)7-13(10)11/h7-8,10H,3-6H2,1-2H3,(H,16,17). The molecule has 1 unspecified atom stereocenters. The van der Waals surface area contributed by atoms with Gasteiger partial charge in [-0.15, -0.1) is 0 Å². The second-order valence-corrected chi connectivity index (χ2v) is 5.22. The van der Waals surface area contributed by atoms with E-state index < -0.39 is 5.97 Å². The van der Waals surface area contributed by atoms with Crippen molar-refractivity contribution >= 4 is 11.8 Å². The van der Waals surface area contributed by atoms with Crippen LogP contribution in [0.3, 0.4) is 0 Å². The van der Waals surface area contributed by atoms with E-state index in [1.165, 1.54) is 0 Å². The minimum atomic E-state index is -0.817. The van der Waals surface area contributed by atoms with Gasteiger partial charge in [0.1, 0.15) is 0 Å². The van der Waals surface area contributed by atoms with Crippen LogP contribution < -0.4 is 0 Å². The zero-order valence-electron chi connectivity index (χ0n) is 10.3. The second-order valence-electron chi connectivity index (χ2n) is 5.22. The van der Waals surface area contributed by atoms with Gasteiger partial charge < -0.3 is 5.11 Å². The van der Waals surface area contributed by atoms with Crippen LogP contribution in [-0.4, -0.2) is 16.9 Å². The molecule has 0 saturated carbocycles. The highest BCUT2D eigenvalue weighted by molar-refractivity contribution is 5.96. The molecule has 17 heavy (non-hydrogen) atoms. The van der Waals surface area contributed by atoms with Crippen molar-refractivity contribution in [3.8, 4) is 0 Å². The summed E-state index contributed by atoms with van der Waals surface area (Å²) in [6.07, 6.45) is 4.24. The molecule has 92 valence electrons. The summed E-state index contributed by atoms with van der Waals surface area (Å²) in [7, 11) is 0. The normalized spacial score (nSPS) is 24.8. The summed E-state index contributed by atoms with van der Waals surface area (Å²) in [5, 5.41) is 9.20. The predicted octanol–water partition coefficient (Wildman–Crippen LogP) is 2.72. The molecule has 1 N–H and O–H groups in total. The fourth-order valence-corrected chi connectivity index (χ4v) is 2.92. The molecule has 0 fully saturated rings. The van der Waals surface area contributed by atoms with Gasteiger partial charge in [0.15, 0.2) is 5.78 Å². The molecule has 0 heterocycles. The first-order chi connectivity index (χ1) is 8.00. The van der Waals surface area contributed by atoms with E-state index in [1.807, 2.05) is 0 Å². The first kappa shape index (κ1) is 12.1. The Hall–Kier alpha value is -1.38. The Morgan fingerprint density at radius 1 is 1.35 bits per heavy atom. The van der Waals surface area contributed by atoms with Crippen LogP contribution in [0.5, 0.6) is 0 Å². The summed E-state index contributed by atoms with van der Waals surface area (Å²) in [5.74, 6) is 0.123. The zero-order valence-corrected chi connectivity index (χ0v) is 10.3. The minimum Gasteiger partial charge on any atom is -0.478 e. The molecule has 0 aromatic rings. The minimum absolute atomic E-state index is 0.140. The molecule has 0 saturated heterocycles. The first-order valence-corrected chi connectivity index (χ1v) is 6.20. The molecule has 0 aliphatic heterocycles. The number of carboxylic acids is 1. The summed E-state index contributed by atoms with van der Waals surface area (Å²) in [6.45, 7) is 4.27. The number of ketones is 1. The number of fused-ring (bicyclic) bond motifs is 1. The Morgan fingerprint density at radius 2 is 2.06 bits per heavy atom. The topological polar surface area (TPSA) is 54.4 Å². The average Bonchev–Trinajstić information content (AvgIpc) is 2.26. The van der Waals surface area contributed by atoms with Crippen molar-refractivity contribution < 1.29 is 14.7 Å². The lowest BCUT2D eigenvalue weighted by molar-refractivity contribution is -0.133. The van der Waals surface area contributed by atoms with E-state index in [0.29, 0.717) is 36.7 Å². The van der Waals surface area contributed by atoms with Crippen LogP contribution in [0.2, 0.25) is 0 Å². The Kier molecular flexibility index (Phi) is 3.18. The average molecular weight is 234 g/mol. The van der Waals surface area contributed by atoms with Crippen LogP contribution in [0.1, 0.15) is 39.5 Å². The Balaban J connectivity index is 2.48. The van der Waals surface area contributed by atoms with Crippen LogP contribution in [0.15, 0.2) is 22.8 Å². The van der Waals surface area contributed by atoms with E-state index in [-0.39, 0.29) is 5.78 Å². The highest BCUT2D eigenvalue weighted by Gasteiger charge is 2.33. The number of hydrogen-bond donors (Lipinski definition) is 1. The fourth-order valence-electron chi connectivity index (χ4n) is 2.92. The molecule has 0 amide bonds. The lowest BCUT2D eigenvalue weighted by Gasteiger charge is -2.33. The van der Waals surface area contributed by atoms with Crippen LogP contribution in [0.25, 0.3) is 0 Å². The predicted molar refractivity (Wildman–Crippen MR) is 64.5 cm³/mol. The third-order valence-electron chi connectivity index (χ3n) is 3.82. The van der Waals surface area contributed by atoms with E-state index in [1.54, 1.807) is 6.08 Å². The van der Waals surface area contributed by atoms with Crippen LogP contribution >= 0.6 is 0 Å². The van der Waals surface area contributed by atoms with Gasteiger partial charge in [0.2, 0.25) is 0 Å². The van der Waals surface area contributed by atoms with Gasteiger partial charge >= 0.3 is 5.97 Å². The van der Waals surface area contributed by atoms with Gasteiger partial charge in [-0.3, -0.25) is 4.79 Å². The van der Waals surface area contributed by atoms with Crippen molar-refractivity contribution in [1.29, 1.82) is 0 Å². The van der Waals surface area contributed by atoms with E-state index in [9.17, 15) is 14.7 Å². The van der Waals surface area contributed by atoms with Gasteiger partial charge in [0.05, 0.1) is 0 Å². The lowest BCUT2D eigenvalue weighted by Crippen LogP contribution is -2.25. The van der Waals surface area contributed by atoms with Crippen molar-refractivity contribution in [2.24, 2.45) is 11.8 Å². The molecule has 2 rings (SSSR count). The van der Waals surface area contributed by atoms with Gasteiger partial charge in [0.25, 0.3) is 0 Å². The SMILES string of the molecule is CC(C)C1CCC(C(=O)O)=C2CCC(=O)C=C21. The highest BCUT2D eigenvalue weighted by Crippen LogP contribution is 2.42. The lowest BCUT2D eigenvalue weighted by atomic mass is 9.71. The number of allylic oxidation sites excluding steroid dienone is 3. The quantitative estimate of drug-likeness (QED) is 0.799. The summed E-state index contributed by atoms with van der Waals surface area (Å²) >= 11 is 0. The zero-order chi connectivity index (χ0) is 12.6. The Morgan fingerprint density at radius 3 is 2.65 bits per heavy atom. The van der Waals surface area contributed by atoms with Crippen molar-refractivity contribution in [3.63, 3.8) is 0 Å². The summed E-state index contributed by atoms with van der Waals surface area (Å²) in [4.78, 5) is 22.7. The van der Waals surface area contributed by atoms with Gasteiger partial charge in [-0.1, -0.05) is 13.8 Å².